The summed E-state index contributed by atoms with van der Waals surface area (Å²) < 4.78 is 63.2. The highest BCUT2D eigenvalue weighted by molar-refractivity contribution is 7.89. The number of nitrogens with one attached hydrogen (secondary N) is 2. The zero-order valence-corrected chi connectivity index (χ0v) is 16.0. The highest BCUT2D eigenvalue weighted by atomic mass is 32.2. The Morgan fingerprint density at radius 2 is 1.74 bits per heavy atom. The fraction of sp³-hybridized carbons (Fsp3) is 0.588. The second kappa shape index (κ2) is 9.41. The molecule has 2 rings (SSSR count). The third kappa shape index (κ3) is 6.69. The minimum atomic E-state index is -4.22. The molecule has 1 aliphatic rings. The number of rotatable bonds is 6. The van der Waals surface area contributed by atoms with Gasteiger partial charge < -0.3 is 10.6 Å². The molecule has 0 aromatic heterocycles. The number of halogens is 3. The van der Waals surface area contributed by atoms with Crippen molar-refractivity contribution in [2.45, 2.75) is 43.3 Å². The first-order valence-electron chi connectivity index (χ1n) is 8.83. The number of benzene rings is 1. The number of sulfonamides is 1. The molecule has 1 aliphatic heterocycles. The Morgan fingerprint density at radius 1 is 1.11 bits per heavy atom. The standard InChI is InChI=1S/C17H25F3N4O2S/c1-21-16(22-10-9-17(18,19)20)23-13-14-5-7-15(8-6-14)27(25,26)24-11-3-2-4-12-24/h5-8H,2-4,9-13H2,1H3,(H2,21,22,23). The van der Waals surface area contributed by atoms with Crippen molar-refractivity contribution in [3.63, 3.8) is 0 Å². The van der Waals surface area contributed by atoms with E-state index in [4.69, 9.17) is 0 Å². The summed E-state index contributed by atoms with van der Waals surface area (Å²) in [6.07, 6.45) is -2.36. The van der Waals surface area contributed by atoms with E-state index in [1.807, 2.05) is 0 Å². The van der Waals surface area contributed by atoms with Crippen molar-refractivity contribution in [3.8, 4) is 0 Å². The number of aliphatic imine (C=N–C) groups is 1. The van der Waals surface area contributed by atoms with Gasteiger partial charge in [-0.15, -0.1) is 0 Å². The zero-order chi connectivity index (χ0) is 19.9. The predicted octanol–water partition coefficient (Wildman–Crippen LogP) is 2.48. The van der Waals surface area contributed by atoms with Crippen LogP contribution in [-0.2, 0) is 16.6 Å². The number of alkyl halides is 3. The smallest absolute Gasteiger partial charge is 0.356 e. The molecule has 0 radical (unpaired) electrons. The topological polar surface area (TPSA) is 73.8 Å². The molecule has 1 aromatic carbocycles. The molecule has 0 bridgehead atoms. The summed E-state index contributed by atoms with van der Waals surface area (Å²) in [4.78, 5) is 4.12. The van der Waals surface area contributed by atoms with E-state index in [-0.39, 0.29) is 17.4 Å². The van der Waals surface area contributed by atoms with Crippen molar-refractivity contribution in [2.24, 2.45) is 4.99 Å². The molecule has 10 heteroatoms. The van der Waals surface area contributed by atoms with Gasteiger partial charge in [0.1, 0.15) is 0 Å². The average molecular weight is 406 g/mol. The van der Waals surface area contributed by atoms with E-state index in [1.165, 1.54) is 11.4 Å². The molecule has 1 fully saturated rings. The summed E-state index contributed by atoms with van der Waals surface area (Å²) in [7, 11) is -2.00. The highest BCUT2D eigenvalue weighted by Gasteiger charge is 2.27. The second-order valence-electron chi connectivity index (χ2n) is 6.33. The maximum absolute atomic E-state index is 12.6. The zero-order valence-electron chi connectivity index (χ0n) is 15.2. The van der Waals surface area contributed by atoms with Crippen molar-refractivity contribution in [2.75, 3.05) is 26.7 Å². The molecule has 27 heavy (non-hydrogen) atoms. The van der Waals surface area contributed by atoms with Gasteiger partial charge in [-0.1, -0.05) is 18.6 Å². The van der Waals surface area contributed by atoms with E-state index in [1.54, 1.807) is 24.3 Å². The Kier molecular flexibility index (Phi) is 7.49. The van der Waals surface area contributed by atoms with Gasteiger partial charge in [-0.05, 0) is 30.5 Å². The van der Waals surface area contributed by atoms with Gasteiger partial charge >= 0.3 is 6.18 Å². The molecule has 0 amide bonds. The van der Waals surface area contributed by atoms with Crippen molar-refractivity contribution in [3.05, 3.63) is 29.8 Å². The number of hydrogen-bond donors (Lipinski definition) is 2. The largest absolute Gasteiger partial charge is 0.390 e. The number of hydrogen-bond acceptors (Lipinski definition) is 3. The van der Waals surface area contributed by atoms with Crippen molar-refractivity contribution < 1.29 is 21.6 Å². The summed E-state index contributed by atoms with van der Waals surface area (Å²) in [5.41, 5.74) is 0.798. The first-order chi connectivity index (χ1) is 12.7. The molecule has 1 saturated heterocycles. The van der Waals surface area contributed by atoms with E-state index < -0.39 is 22.6 Å². The maximum Gasteiger partial charge on any atom is 0.390 e. The van der Waals surface area contributed by atoms with E-state index >= 15 is 0 Å². The van der Waals surface area contributed by atoms with Gasteiger partial charge in [-0.25, -0.2) is 8.42 Å². The normalized spacial score (nSPS) is 17.0. The van der Waals surface area contributed by atoms with Gasteiger partial charge in [0.2, 0.25) is 10.0 Å². The quantitative estimate of drug-likeness (QED) is 0.562. The molecule has 152 valence electrons. The molecular weight excluding hydrogens is 381 g/mol. The summed E-state index contributed by atoms with van der Waals surface area (Å²) in [5.74, 6) is 0.254. The Hall–Kier alpha value is -1.81. The third-order valence-electron chi connectivity index (χ3n) is 4.26. The van der Waals surface area contributed by atoms with E-state index in [0.717, 1.165) is 24.8 Å². The fourth-order valence-electron chi connectivity index (χ4n) is 2.76. The van der Waals surface area contributed by atoms with Gasteiger partial charge in [-0.2, -0.15) is 17.5 Å². The van der Waals surface area contributed by atoms with Crippen LogP contribution in [0.3, 0.4) is 0 Å². The lowest BCUT2D eigenvalue weighted by Crippen LogP contribution is -2.38. The van der Waals surface area contributed by atoms with Crippen molar-refractivity contribution in [1.82, 2.24) is 14.9 Å². The lowest BCUT2D eigenvalue weighted by molar-refractivity contribution is -0.132. The van der Waals surface area contributed by atoms with Crippen LogP contribution in [0.1, 0.15) is 31.2 Å². The molecular formula is C17H25F3N4O2S. The van der Waals surface area contributed by atoms with E-state index in [9.17, 15) is 21.6 Å². The van der Waals surface area contributed by atoms with Gasteiger partial charge in [0.25, 0.3) is 0 Å². The van der Waals surface area contributed by atoms with Crippen LogP contribution >= 0.6 is 0 Å². The first kappa shape index (κ1) is 21.5. The summed E-state index contributed by atoms with van der Waals surface area (Å²) in [6, 6.07) is 6.49. The monoisotopic (exact) mass is 406 g/mol. The van der Waals surface area contributed by atoms with Gasteiger partial charge in [0, 0.05) is 33.2 Å². The molecule has 0 aliphatic carbocycles. The van der Waals surface area contributed by atoms with Crippen LogP contribution in [0.15, 0.2) is 34.2 Å². The lowest BCUT2D eigenvalue weighted by atomic mass is 10.2. The molecule has 0 spiro atoms. The molecule has 1 heterocycles. The minimum absolute atomic E-state index is 0.251. The minimum Gasteiger partial charge on any atom is -0.356 e. The second-order valence-corrected chi connectivity index (χ2v) is 8.26. The lowest BCUT2D eigenvalue weighted by Gasteiger charge is -2.25. The van der Waals surface area contributed by atoms with Crippen LogP contribution in [0.2, 0.25) is 0 Å². The Labute approximate surface area is 157 Å². The maximum atomic E-state index is 12.6. The molecule has 2 N–H and O–H groups in total. The van der Waals surface area contributed by atoms with Crippen LogP contribution in [0.25, 0.3) is 0 Å². The molecule has 1 aromatic rings. The predicted molar refractivity (Wildman–Crippen MR) is 97.9 cm³/mol. The highest BCUT2D eigenvalue weighted by Crippen LogP contribution is 2.21. The average Bonchev–Trinajstić information content (AvgIpc) is 2.64. The summed E-state index contributed by atoms with van der Waals surface area (Å²) in [5, 5.41) is 5.50. The Bertz CT molecular complexity index is 728. The van der Waals surface area contributed by atoms with E-state index in [0.29, 0.717) is 19.6 Å². The van der Waals surface area contributed by atoms with Crippen molar-refractivity contribution in [1.29, 1.82) is 0 Å². The molecule has 6 nitrogen and oxygen atoms in total. The van der Waals surface area contributed by atoms with E-state index in [2.05, 4.69) is 15.6 Å². The molecule has 0 unspecified atom stereocenters. The molecule has 0 atom stereocenters. The van der Waals surface area contributed by atoms with Gasteiger partial charge in [-0.3, -0.25) is 4.99 Å². The van der Waals surface area contributed by atoms with Crippen LogP contribution in [0.4, 0.5) is 13.2 Å². The first-order valence-corrected chi connectivity index (χ1v) is 10.3. The number of guanidine groups is 1. The fourth-order valence-corrected chi connectivity index (χ4v) is 4.28. The third-order valence-corrected chi connectivity index (χ3v) is 6.17. The van der Waals surface area contributed by atoms with Crippen LogP contribution in [0, 0.1) is 0 Å². The Morgan fingerprint density at radius 3 is 2.30 bits per heavy atom. The van der Waals surface area contributed by atoms with Crippen LogP contribution < -0.4 is 10.6 Å². The van der Waals surface area contributed by atoms with Crippen LogP contribution in [-0.4, -0.2) is 51.5 Å². The summed E-state index contributed by atoms with van der Waals surface area (Å²) in [6.45, 7) is 1.14. The SMILES string of the molecule is CN=C(NCCC(F)(F)F)NCc1ccc(S(=O)(=O)N2CCCCC2)cc1. The van der Waals surface area contributed by atoms with Crippen LogP contribution in [0.5, 0.6) is 0 Å². The summed E-state index contributed by atoms with van der Waals surface area (Å²) >= 11 is 0. The van der Waals surface area contributed by atoms with Gasteiger partial charge in [0.05, 0.1) is 11.3 Å². The number of piperidine rings is 1. The Balaban J connectivity index is 1.89. The van der Waals surface area contributed by atoms with Crippen molar-refractivity contribution >= 4 is 16.0 Å². The molecule has 0 saturated carbocycles. The van der Waals surface area contributed by atoms with Gasteiger partial charge in [0.15, 0.2) is 5.96 Å². The number of nitrogens with zero attached hydrogens (tertiary/aromatic N) is 2.